The molecule has 4 rings (SSSR count). The van der Waals surface area contributed by atoms with E-state index in [9.17, 15) is 8.42 Å². The number of nitrogens with two attached hydrogens (primary N) is 1. The number of nitrogen functional groups attached to an aromatic ring is 1. The summed E-state index contributed by atoms with van der Waals surface area (Å²) >= 11 is 0. The molecule has 206 valence electrons. The van der Waals surface area contributed by atoms with Gasteiger partial charge in [0.15, 0.2) is 11.5 Å². The molecule has 0 spiro atoms. The normalized spacial score (nSPS) is 12.1. The minimum Gasteiger partial charge on any atom is -0.493 e. The molecule has 4 aromatic carbocycles. The van der Waals surface area contributed by atoms with Gasteiger partial charge < -0.3 is 20.5 Å². The average Bonchev–Trinajstić information content (AvgIpc) is 2.98. The highest BCUT2D eigenvalue weighted by Crippen LogP contribution is 2.31. The van der Waals surface area contributed by atoms with E-state index in [0.717, 1.165) is 22.2 Å². The van der Waals surface area contributed by atoms with Crippen LogP contribution >= 0.6 is 0 Å². The second-order valence-corrected chi connectivity index (χ2v) is 10.6. The van der Waals surface area contributed by atoms with Crippen LogP contribution in [0.15, 0.2) is 109 Å². The Bertz CT molecular complexity index is 1540. The number of anilines is 1. The molecular weight excluding hydrogens is 524 g/mol. The maximum atomic E-state index is 13.1. The van der Waals surface area contributed by atoms with Crippen LogP contribution in [0.25, 0.3) is 6.08 Å². The molecule has 0 aliphatic heterocycles. The van der Waals surface area contributed by atoms with Gasteiger partial charge in [-0.15, -0.1) is 0 Å². The summed E-state index contributed by atoms with van der Waals surface area (Å²) in [5, 5.41) is 12.0. The zero-order chi connectivity index (χ0) is 28.4. The summed E-state index contributed by atoms with van der Waals surface area (Å²) < 4.78 is 40.5. The largest absolute Gasteiger partial charge is 0.493 e. The Hall–Kier alpha value is -4.60. The topological polar surface area (TPSA) is 127 Å². The molecule has 40 heavy (non-hydrogen) atoms. The van der Waals surface area contributed by atoms with Gasteiger partial charge in [0.25, 0.3) is 0 Å². The highest BCUT2D eigenvalue weighted by Gasteiger charge is 2.20. The maximum absolute atomic E-state index is 13.1. The van der Waals surface area contributed by atoms with Gasteiger partial charge >= 0.3 is 0 Å². The zero-order valence-electron chi connectivity index (χ0n) is 22.1. The monoisotopic (exact) mass is 556 g/mol. The number of methoxy groups -OCH3 is 1. The zero-order valence-corrected chi connectivity index (χ0v) is 22.9. The predicted octanol–water partition coefficient (Wildman–Crippen LogP) is 5.30. The molecule has 0 saturated heterocycles. The fourth-order valence-electron chi connectivity index (χ4n) is 3.94. The lowest BCUT2D eigenvalue weighted by Gasteiger charge is -2.21. The molecule has 0 aliphatic carbocycles. The molecule has 0 amide bonds. The molecule has 0 radical (unpaired) electrons. The molecule has 0 bridgehead atoms. The number of benzene rings is 4. The molecule has 0 heterocycles. The Morgan fingerprint density at radius 3 is 2.25 bits per heavy atom. The molecule has 9 heteroatoms. The number of sulfonamides is 1. The summed E-state index contributed by atoms with van der Waals surface area (Å²) in [4.78, 5) is 0. The summed E-state index contributed by atoms with van der Waals surface area (Å²) in [5.74, 6) is 1.01. The molecule has 0 aromatic heterocycles. The Morgan fingerprint density at radius 2 is 1.60 bits per heavy atom. The van der Waals surface area contributed by atoms with Crippen molar-refractivity contribution in [1.82, 2.24) is 4.72 Å². The van der Waals surface area contributed by atoms with Gasteiger partial charge in [-0.3, -0.25) is 5.41 Å². The Morgan fingerprint density at radius 1 is 0.925 bits per heavy atom. The number of amidine groups is 1. The molecule has 1 atom stereocenters. The third kappa shape index (κ3) is 8.20. The first kappa shape index (κ1) is 28.4. The van der Waals surface area contributed by atoms with Gasteiger partial charge in [-0.2, -0.15) is 0 Å². The molecule has 0 fully saturated rings. The smallest absolute Gasteiger partial charge is 0.234 e. The van der Waals surface area contributed by atoms with E-state index >= 15 is 0 Å². The Balaban J connectivity index is 1.56. The summed E-state index contributed by atoms with van der Waals surface area (Å²) in [6.45, 7) is 0.611. The lowest BCUT2D eigenvalue weighted by atomic mass is 10.1. The first-order valence-corrected chi connectivity index (χ1v) is 14.2. The van der Waals surface area contributed by atoms with Crippen LogP contribution in [-0.2, 0) is 16.6 Å². The average molecular weight is 557 g/mol. The predicted molar refractivity (Wildman–Crippen MR) is 160 cm³/mol. The van der Waals surface area contributed by atoms with Crippen LogP contribution in [0.3, 0.4) is 0 Å². The van der Waals surface area contributed by atoms with Crippen LogP contribution in [-0.4, -0.2) is 27.9 Å². The van der Waals surface area contributed by atoms with Crippen molar-refractivity contribution in [2.75, 3.05) is 19.0 Å². The van der Waals surface area contributed by atoms with Gasteiger partial charge in [0.2, 0.25) is 10.0 Å². The van der Waals surface area contributed by atoms with Crippen molar-refractivity contribution in [1.29, 1.82) is 5.41 Å². The minimum absolute atomic E-state index is 0.0240. The molecule has 1 unspecified atom stereocenters. The first-order chi connectivity index (χ1) is 19.3. The van der Waals surface area contributed by atoms with Gasteiger partial charge in [-0.25, -0.2) is 13.1 Å². The Labute approximate surface area is 235 Å². The number of hydrogen-bond donors (Lipinski definition) is 4. The van der Waals surface area contributed by atoms with Crippen molar-refractivity contribution in [2.24, 2.45) is 5.73 Å². The number of hydrogen-bond acceptors (Lipinski definition) is 6. The van der Waals surface area contributed by atoms with Crippen molar-refractivity contribution in [2.45, 2.75) is 12.6 Å². The molecule has 5 N–H and O–H groups in total. The second kappa shape index (κ2) is 13.5. The molecule has 0 saturated carbocycles. The summed E-state index contributed by atoms with van der Waals surface area (Å²) in [6, 6.07) is 30.8. The van der Waals surface area contributed by atoms with Crippen molar-refractivity contribution >= 4 is 27.6 Å². The number of ether oxygens (including phenoxy) is 2. The molecule has 0 aliphatic rings. The van der Waals surface area contributed by atoms with Crippen molar-refractivity contribution < 1.29 is 17.9 Å². The van der Waals surface area contributed by atoms with E-state index in [1.807, 2.05) is 66.7 Å². The summed E-state index contributed by atoms with van der Waals surface area (Å²) in [6.07, 6.45) is 1.55. The van der Waals surface area contributed by atoms with E-state index in [2.05, 4.69) is 10.0 Å². The fourth-order valence-corrected chi connectivity index (χ4v) is 4.97. The van der Waals surface area contributed by atoms with E-state index < -0.39 is 16.1 Å². The third-order valence-corrected chi connectivity index (χ3v) is 7.19. The van der Waals surface area contributed by atoms with Crippen LogP contribution in [0.2, 0.25) is 0 Å². The van der Waals surface area contributed by atoms with Gasteiger partial charge in [-0.05, 0) is 59.2 Å². The van der Waals surface area contributed by atoms with E-state index in [-0.39, 0.29) is 12.4 Å². The quantitative estimate of drug-likeness (QED) is 0.131. The lowest BCUT2D eigenvalue weighted by molar-refractivity contribution is 0.284. The van der Waals surface area contributed by atoms with Gasteiger partial charge in [0.05, 0.1) is 13.2 Å². The standard InChI is InChI=1S/C31H32N4O4S/c1-38-30-20-26(14-17-29(30)39-22-24-10-6-3-7-11-24)28(21-34-27-15-12-25(13-16-27)31(32)33)35-40(36,37)19-18-23-8-4-2-5-9-23/h2-20,28,34-35H,21-22H2,1H3,(H3,32,33). The highest BCUT2D eigenvalue weighted by atomic mass is 32.2. The maximum Gasteiger partial charge on any atom is 0.234 e. The van der Waals surface area contributed by atoms with Crippen LogP contribution in [0.5, 0.6) is 11.5 Å². The Kier molecular flexibility index (Phi) is 9.56. The molecular formula is C31H32N4O4S. The van der Waals surface area contributed by atoms with E-state index in [1.165, 1.54) is 0 Å². The van der Waals surface area contributed by atoms with E-state index in [4.69, 9.17) is 20.6 Å². The van der Waals surface area contributed by atoms with Crippen molar-refractivity contribution in [3.63, 3.8) is 0 Å². The third-order valence-electron chi connectivity index (χ3n) is 6.08. The SMILES string of the molecule is COc1cc(C(CNc2ccc(C(=N)N)cc2)NS(=O)(=O)C=Cc2ccccc2)ccc1OCc1ccccc1. The fraction of sp³-hybridized carbons (Fsp3) is 0.129. The molecule has 4 aromatic rings. The van der Waals surface area contributed by atoms with Crippen LogP contribution < -0.4 is 25.2 Å². The highest BCUT2D eigenvalue weighted by molar-refractivity contribution is 7.92. The second-order valence-electron chi connectivity index (χ2n) is 8.99. The number of rotatable bonds is 13. The first-order valence-electron chi connectivity index (χ1n) is 12.6. The summed E-state index contributed by atoms with van der Waals surface area (Å²) in [5.41, 5.74) is 9.39. The van der Waals surface area contributed by atoms with Gasteiger partial charge in [-0.1, -0.05) is 66.7 Å². The molecule has 8 nitrogen and oxygen atoms in total. The minimum atomic E-state index is -3.81. The summed E-state index contributed by atoms with van der Waals surface area (Å²) in [7, 11) is -2.27. The van der Waals surface area contributed by atoms with Crippen molar-refractivity contribution in [3.8, 4) is 11.5 Å². The van der Waals surface area contributed by atoms with Gasteiger partial charge in [0, 0.05) is 23.2 Å². The van der Waals surface area contributed by atoms with Crippen LogP contribution in [0.1, 0.15) is 28.3 Å². The lowest BCUT2D eigenvalue weighted by Crippen LogP contribution is -2.31. The van der Waals surface area contributed by atoms with Crippen molar-refractivity contribution in [3.05, 3.63) is 131 Å². The van der Waals surface area contributed by atoms with Crippen LogP contribution in [0, 0.1) is 5.41 Å². The number of nitrogens with one attached hydrogen (secondary N) is 3. The van der Waals surface area contributed by atoms with Gasteiger partial charge in [0.1, 0.15) is 12.4 Å². The van der Waals surface area contributed by atoms with E-state index in [0.29, 0.717) is 29.2 Å². The van der Waals surface area contributed by atoms with Crippen LogP contribution in [0.4, 0.5) is 5.69 Å². The van der Waals surface area contributed by atoms with E-state index in [1.54, 1.807) is 49.6 Å².